The molecule has 8 nitrogen and oxygen atoms in total. The predicted octanol–water partition coefficient (Wildman–Crippen LogP) is 2.91. The number of nitrogens with one attached hydrogen (secondary N) is 2. The van der Waals surface area contributed by atoms with Gasteiger partial charge in [-0.25, -0.2) is 4.79 Å². The molecule has 0 spiro atoms. The van der Waals surface area contributed by atoms with Crippen LogP contribution < -0.4 is 20.3 Å². The minimum absolute atomic E-state index is 0.0349. The van der Waals surface area contributed by atoms with Crippen LogP contribution in [0.5, 0.6) is 5.75 Å². The number of halogens is 3. The Morgan fingerprint density at radius 3 is 2.59 bits per heavy atom. The fourth-order valence-corrected chi connectivity index (χ4v) is 4.37. The third-order valence-electron chi connectivity index (χ3n) is 6.05. The summed E-state index contributed by atoms with van der Waals surface area (Å²) in [5.74, 6) is -0.299. The number of carbonyl (C=O) groups excluding carboxylic acids is 1. The molecule has 2 aromatic carbocycles. The van der Waals surface area contributed by atoms with Crippen molar-refractivity contribution in [3.63, 3.8) is 0 Å². The van der Waals surface area contributed by atoms with Gasteiger partial charge in [-0.2, -0.15) is 13.2 Å². The highest BCUT2D eigenvalue weighted by Gasteiger charge is 2.42. The molecule has 2 aromatic rings. The number of fused-ring (bicyclic) bond motifs is 1. The summed E-state index contributed by atoms with van der Waals surface area (Å²) < 4.78 is 50.7. The molecule has 184 valence electrons. The molecule has 34 heavy (non-hydrogen) atoms. The average molecular weight is 481 g/mol. The Balaban J connectivity index is 1.61. The molecule has 0 radical (unpaired) electrons. The molecule has 0 aromatic heterocycles. The predicted molar refractivity (Wildman–Crippen MR) is 118 cm³/mol. The van der Waals surface area contributed by atoms with E-state index in [4.69, 9.17) is 9.47 Å². The molecule has 11 heteroatoms. The number of hydrogen-bond donors (Lipinski definition) is 4. The fraction of sp³-hybridized carbons (Fsp3) is 0.435. The van der Waals surface area contributed by atoms with Crippen LogP contribution in [0.1, 0.15) is 28.9 Å². The number of urea groups is 1. The van der Waals surface area contributed by atoms with Crippen molar-refractivity contribution in [1.29, 1.82) is 0 Å². The van der Waals surface area contributed by atoms with Gasteiger partial charge in [0.2, 0.25) is 0 Å². The Bertz CT molecular complexity index is 1040. The number of amides is 2. The molecule has 0 bridgehead atoms. The Morgan fingerprint density at radius 2 is 1.94 bits per heavy atom. The van der Waals surface area contributed by atoms with E-state index in [0.29, 0.717) is 38.4 Å². The second kappa shape index (κ2) is 9.69. The van der Waals surface area contributed by atoms with Crippen LogP contribution in [0.15, 0.2) is 36.4 Å². The molecule has 2 amide bonds. The summed E-state index contributed by atoms with van der Waals surface area (Å²) in [6, 6.07) is 8.65. The zero-order valence-corrected chi connectivity index (χ0v) is 18.4. The number of aliphatic hydroxyl groups excluding tert-OH is 2. The molecule has 1 heterocycles. The van der Waals surface area contributed by atoms with Crippen molar-refractivity contribution in [3.8, 4) is 5.75 Å². The summed E-state index contributed by atoms with van der Waals surface area (Å²) in [6.45, 7) is 1.66. The molecule has 0 saturated carbocycles. The van der Waals surface area contributed by atoms with Gasteiger partial charge in [-0.3, -0.25) is 0 Å². The number of methoxy groups -OCH3 is 1. The van der Waals surface area contributed by atoms with Gasteiger partial charge in [-0.1, -0.05) is 24.3 Å². The van der Waals surface area contributed by atoms with Crippen LogP contribution in [0.25, 0.3) is 0 Å². The zero-order valence-electron chi connectivity index (χ0n) is 18.4. The Morgan fingerprint density at radius 1 is 1.24 bits per heavy atom. The van der Waals surface area contributed by atoms with Crippen molar-refractivity contribution in [2.24, 2.45) is 0 Å². The van der Waals surface area contributed by atoms with Crippen LogP contribution in [0, 0.1) is 0 Å². The van der Waals surface area contributed by atoms with E-state index < -0.39 is 36.0 Å². The molecule has 4 N–H and O–H groups in total. The summed E-state index contributed by atoms with van der Waals surface area (Å²) in [5, 5.41) is 25.8. The molecule has 1 saturated heterocycles. The Labute approximate surface area is 194 Å². The largest absolute Gasteiger partial charge is 0.494 e. The van der Waals surface area contributed by atoms with E-state index in [-0.39, 0.29) is 11.4 Å². The number of alkyl halides is 3. The lowest BCUT2D eigenvalue weighted by Gasteiger charge is -2.31. The summed E-state index contributed by atoms with van der Waals surface area (Å²) in [7, 11) is 1.16. The summed E-state index contributed by atoms with van der Waals surface area (Å²) >= 11 is 0. The van der Waals surface area contributed by atoms with Gasteiger partial charge < -0.3 is 35.2 Å². The monoisotopic (exact) mass is 481 g/mol. The van der Waals surface area contributed by atoms with E-state index in [1.54, 1.807) is 17.0 Å². The highest BCUT2D eigenvalue weighted by atomic mass is 19.4. The van der Waals surface area contributed by atoms with E-state index >= 15 is 0 Å². The number of morpholine rings is 1. The van der Waals surface area contributed by atoms with Crippen LogP contribution in [-0.4, -0.2) is 61.9 Å². The van der Waals surface area contributed by atoms with Gasteiger partial charge >= 0.3 is 12.2 Å². The number of anilines is 2. The van der Waals surface area contributed by atoms with Gasteiger partial charge in [0, 0.05) is 24.3 Å². The number of hydrogen-bond acceptors (Lipinski definition) is 6. The summed E-state index contributed by atoms with van der Waals surface area (Å²) in [4.78, 5) is 14.6. The van der Waals surface area contributed by atoms with Gasteiger partial charge in [0.25, 0.3) is 0 Å². The van der Waals surface area contributed by atoms with E-state index in [1.807, 2.05) is 12.1 Å². The third kappa shape index (κ3) is 4.91. The van der Waals surface area contributed by atoms with E-state index in [2.05, 4.69) is 10.6 Å². The molecular weight excluding hydrogens is 455 g/mol. The molecule has 3 atom stereocenters. The zero-order chi connectivity index (χ0) is 24.5. The van der Waals surface area contributed by atoms with Crippen molar-refractivity contribution >= 4 is 17.4 Å². The minimum Gasteiger partial charge on any atom is -0.494 e. The number of rotatable bonds is 5. The molecule has 4 rings (SSSR count). The number of nitrogens with zero attached hydrogens (tertiary/aromatic N) is 1. The molecule has 1 fully saturated rings. The van der Waals surface area contributed by atoms with Crippen molar-refractivity contribution in [2.75, 3.05) is 43.6 Å². The average Bonchev–Trinajstić information content (AvgIpc) is 3.13. The summed E-state index contributed by atoms with van der Waals surface area (Å²) in [5.41, 5.74) is 1.46. The SMILES string of the molecule is COc1c(NC(=O)N[C@@H]2Cc3ccccc3[C@@H]2O)cc(N2CCOCC2)cc1C(O)C(F)(F)F. The fourth-order valence-electron chi connectivity index (χ4n) is 4.37. The maximum absolute atomic E-state index is 13.4. The van der Waals surface area contributed by atoms with E-state index in [9.17, 15) is 28.2 Å². The van der Waals surface area contributed by atoms with Gasteiger partial charge in [-0.15, -0.1) is 0 Å². The lowest BCUT2D eigenvalue weighted by Crippen LogP contribution is -2.40. The molecule has 1 aliphatic carbocycles. The first-order valence-electron chi connectivity index (χ1n) is 10.8. The van der Waals surface area contributed by atoms with E-state index in [0.717, 1.165) is 18.2 Å². The number of benzene rings is 2. The lowest BCUT2D eigenvalue weighted by atomic mass is 10.0. The maximum Gasteiger partial charge on any atom is 0.418 e. The van der Waals surface area contributed by atoms with Crippen molar-refractivity contribution in [3.05, 3.63) is 53.1 Å². The van der Waals surface area contributed by atoms with Crippen LogP contribution >= 0.6 is 0 Å². The van der Waals surface area contributed by atoms with Gasteiger partial charge in [-0.05, 0) is 29.7 Å². The standard InChI is InChI=1S/C23H26F3N3O5/c1-33-20-16(21(31)23(24,25)26)11-14(29-6-8-34-9-7-29)12-18(20)28-22(32)27-17-10-13-4-2-3-5-15(13)19(17)30/h2-5,11-12,17,19,21,30-31H,6-10H2,1H3,(H2,27,28,32)/t17-,19+,21?/m1/s1. The molecule has 1 aliphatic heterocycles. The third-order valence-corrected chi connectivity index (χ3v) is 6.05. The normalized spacial score (nSPS) is 21.1. The van der Waals surface area contributed by atoms with Crippen LogP contribution in [0.2, 0.25) is 0 Å². The number of carbonyl (C=O) groups is 1. The first-order valence-corrected chi connectivity index (χ1v) is 10.8. The number of aliphatic hydroxyl groups is 2. The topological polar surface area (TPSA) is 103 Å². The Hall–Kier alpha value is -3.02. The van der Waals surface area contributed by atoms with Crippen LogP contribution in [0.3, 0.4) is 0 Å². The molecule has 2 aliphatic rings. The quantitative estimate of drug-likeness (QED) is 0.524. The second-order valence-corrected chi connectivity index (χ2v) is 8.21. The Kier molecular flexibility index (Phi) is 6.87. The number of ether oxygens (including phenoxy) is 2. The highest BCUT2D eigenvalue weighted by Crippen LogP contribution is 2.43. The summed E-state index contributed by atoms with van der Waals surface area (Å²) in [6.07, 6.45) is -8.24. The first-order chi connectivity index (χ1) is 16.2. The minimum atomic E-state index is -4.93. The van der Waals surface area contributed by atoms with Gasteiger partial charge in [0.1, 0.15) is 5.75 Å². The lowest BCUT2D eigenvalue weighted by molar-refractivity contribution is -0.207. The van der Waals surface area contributed by atoms with E-state index in [1.165, 1.54) is 12.1 Å². The first kappa shape index (κ1) is 24.1. The van der Waals surface area contributed by atoms with Crippen molar-refractivity contribution < 1.29 is 37.7 Å². The smallest absolute Gasteiger partial charge is 0.418 e. The molecule has 1 unspecified atom stereocenters. The maximum atomic E-state index is 13.4. The van der Waals surface area contributed by atoms with Crippen LogP contribution in [0.4, 0.5) is 29.3 Å². The van der Waals surface area contributed by atoms with Crippen LogP contribution in [-0.2, 0) is 11.2 Å². The van der Waals surface area contributed by atoms with Crippen molar-refractivity contribution in [2.45, 2.75) is 30.8 Å². The second-order valence-electron chi connectivity index (χ2n) is 8.21. The molecular formula is C23H26F3N3O5. The van der Waals surface area contributed by atoms with Gasteiger partial charge in [0.15, 0.2) is 6.10 Å². The van der Waals surface area contributed by atoms with Gasteiger partial charge in [0.05, 0.1) is 38.2 Å². The highest BCUT2D eigenvalue weighted by molar-refractivity contribution is 5.92. The van der Waals surface area contributed by atoms with Crippen molar-refractivity contribution in [1.82, 2.24) is 5.32 Å².